The first-order valence-electron chi connectivity index (χ1n) is 6.14. The Morgan fingerprint density at radius 3 is 2.94 bits per heavy atom. The molecule has 0 radical (unpaired) electrons. The molecule has 1 aromatic carbocycles. The van der Waals surface area contributed by atoms with Crippen molar-refractivity contribution in [2.75, 3.05) is 18.0 Å². The second kappa shape index (κ2) is 4.39. The molecule has 94 valence electrons. The maximum absolute atomic E-state index is 14.5. The summed E-state index contributed by atoms with van der Waals surface area (Å²) in [5, 5.41) is 1.22. The van der Waals surface area contributed by atoms with E-state index in [0.717, 1.165) is 19.5 Å². The topological polar surface area (TPSA) is 16.1 Å². The van der Waals surface area contributed by atoms with E-state index in [0.29, 0.717) is 27.5 Å². The normalized spacial score (nSPS) is 19.7. The lowest BCUT2D eigenvalue weighted by Crippen LogP contribution is -2.20. The third-order valence-electron chi connectivity index (χ3n) is 3.54. The predicted molar refractivity (Wildman–Crippen MR) is 72.7 cm³/mol. The maximum Gasteiger partial charge on any atom is 0.172 e. The Bertz CT molecular complexity index is 600. The Morgan fingerprint density at radius 1 is 1.39 bits per heavy atom. The summed E-state index contributed by atoms with van der Waals surface area (Å²) in [5.74, 6) is 0.358. The van der Waals surface area contributed by atoms with Crippen LogP contribution in [0, 0.1) is 11.7 Å². The van der Waals surface area contributed by atoms with Gasteiger partial charge in [-0.25, -0.2) is 4.39 Å². The molecule has 0 spiro atoms. The summed E-state index contributed by atoms with van der Waals surface area (Å²) in [5.41, 5.74) is 1.00. The van der Waals surface area contributed by atoms with Crippen molar-refractivity contribution in [3.63, 3.8) is 0 Å². The van der Waals surface area contributed by atoms with Gasteiger partial charge in [-0.05, 0) is 30.5 Å². The van der Waals surface area contributed by atoms with Crippen LogP contribution in [0.2, 0.25) is 5.02 Å². The van der Waals surface area contributed by atoms with Gasteiger partial charge in [0, 0.05) is 24.7 Å². The molecule has 1 aromatic heterocycles. The summed E-state index contributed by atoms with van der Waals surface area (Å²) in [6, 6.07) is 5.34. The third kappa shape index (κ3) is 1.83. The van der Waals surface area contributed by atoms with Gasteiger partial charge in [-0.2, -0.15) is 0 Å². The average molecular weight is 265 g/mol. The molecule has 1 aliphatic heterocycles. The lowest BCUT2D eigenvalue weighted by molar-refractivity contribution is 0.627. The van der Waals surface area contributed by atoms with E-state index in [4.69, 9.17) is 11.6 Å². The van der Waals surface area contributed by atoms with Gasteiger partial charge < -0.3 is 4.90 Å². The van der Waals surface area contributed by atoms with Crippen LogP contribution in [0.4, 0.5) is 10.1 Å². The Hall–Kier alpha value is -1.35. The summed E-state index contributed by atoms with van der Waals surface area (Å²) in [6.07, 6.45) is 2.66. The van der Waals surface area contributed by atoms with Crippen LogP contribution >= 0.6 is 11.6 Å². The van der Waals surface area contributed by atoms with Crippen molar-refractivity contribution in [2.45, 2.75) is 13.3 Å². The van der Waals surface area contributed by atoms with Gasteiger partial charge >= 0.3 is 0 Å². The van der Waals surface area contributed by atoms with Crippen molar-refractivity contribution in [3.05, 3.63) is 35.2 Å². The molecule has 0 saturated carbocycles. The van der Waals surface area contributed by atoms with E-state index in [1.54, 1.807) is 12.3 Å². The second-order valence-corrected chi connectivity index (χ2v) is 5.33. The van der Waals surface area contributed by atoms with E-state index >= 15 is 0 Å². The van der Waals surface area contributed by atoms with E-state index in [1.165, 1.54) is 0 Å². The molecule has 2 heterocycles. The number of rotatable bonds is 1. The van der Waals surface area contributed by atoms with Gasteiger partial charge in [-0.15, -0.1) is 0 Å². The number of nitrogens with zero attached hydrogens (tertiary/aromatic N) is 2. The van der Waals surface area contributed by atoms with Crippen LogP contribution in [-0.4, -0.2) is 18.1 Å². The van der Waals surface area contributed by atoms with E-state index in [-0.39, 0.29) is 5.82 Å². The van der Waals surface area contributed by atoms with Crippen molar-refractivity contribution in [1.82, 2.24) is 4.98 Å². The van der Waals surface area contributed by atoms with Crippen molar-refractivity contribution >= 4 is 28.2 Å². The molecule has 1 fully saturated rings. The molecule has 3 rings (SSSR count). The fourth-order valence-corrected chi connectivity index (χ4v) is 2.75. The molecule has 2 nitrogen and oxygen atoms in total. The first-order valence-corrected chi connectivity index (χ1v) is 6.52. The molecule has 1 aliphatic rings. The molecular weight excluding hydrogens is 251 g/mol. The minimum Gasteiger partial charge on any atom is -0.369 e. The van der Waals surface area contributed by atoms with Gasteiger partial charge in [0.25, 0.3) is 0 Å². The first kappa shape index (κ1) is 11.7. The van der Waals surface area contributed by atoms with Crippen molar-refractivity contribution in [3.8, 4) is 0 Å². The molecule has 1 saturated heterocycles. The van der Waals surface area contributed by atoms with Crippen molar-refractivity contribution in [1.29, 1.82) is 0 Å². The smallest absolute Gasteiger partial charge is 0.172 e. The fraction of sp³-hybridized carbons (Fsp3) is 0.357. The zero-order valence-corrected chi connectivity index (χ0v) is 10.9. The number of halogens is 2. The number of hydrogen-bond acceptors (Lipinski definition) is 2. The number of hydrogen-bond donors (Lipinski definition) is 0. The van der Waals surface area contributed by atoms with Crippen LogP contribution in [0.5, 0.6) is 0 Å². The quantitative estimate of drug-likeness (QED) is 0.777. The monoisotopic (exact) mass is 264 g/mol. The van der Waals surface area contributed by atoms with Crippen LogP contribution in [0.3, 0.4) is 0 Å². The predicted octanol–water partition coefficient (Wildman–Crippen LogP) is 3.87. The highest BCUT2D eigenvalue weighted by Gasteiger charge is 2.22. The summed E-state index contributed by atoms with van der Waals surface area (Å²) in [7, 11) is 0. The number of fused-ring (bicyclic) bond motifs is 1. The van der Waals surface area contributed by atoms with Crippen LogP contribution in [0.15, 0.2) is 24.4 Å². The minimum atomic E-state index is -0.260. The highest BCUT2D eigenvalue weighted by atomic mass is 35.5. The van der Waals surface area contributed by atoms with Crippen LogP contribution in [-0.2, 0) is 0 Å². The van der Waals surface area contributed by atoms with E-state index in [9.17, 15) is 4.39 Å². The van der Waals surface area contributed by atoms with E-state index < -0.39 is 0 Å². The average Bonchev–Trinajstić information content (AvgIpc) is 2.77. The molecular formula is C14H14ClFN2. The Balaban J connectivity index is 2.12. The van der Waals surface area contributed by atoms with Crippen molar-refractivity contribution < 1.29 is 4.39 Å². The third-order valence-corrected chi connectivity index (χ3v) is 3.87. The number of pyridine rings is 1. The molecule has 1 atom stereocenters. The zero-order valence-electron chi connectivity index (χ0n) is 10.2. The summed E-state index contributed by atoms with van der Waals surface area (Å²) in [6.45, 7) is 4.00. The number of aromatic nitrogens is 1. The van der Waals surface area contributed by atoms with Gasteiger partial charge in [0.05, 0.1) is 10.7 Å². The second-order valence-electron chi connectivity index (χ2n) is 4.93. The highest BCUT2D eigenvalue weighted by Crippen LogP contribution is 2.32. The fourth-order valence-electron chi connectivity index (χ4n) is 2.54. The van der Waals surface area contributed by atoms with Gasteiger partial charge in [0.15, 0.2) is 5.82 Å². The summed E-state index contributed by atoms with van der Waals surface area (Å²) >= 11 is 6.04. The molecule has 1 unspecified atom stereocenters. The van der Waals surface area contributed by atoms with Gasteiger partial charge in [0.2, 0.25) is 0 Å². The maximum atomic E-state index is 14.5. The zero-order chi connectivity index (χ0) is 12.7. The standard InChI is InChI=1S/C14H14ClFN2/c1-9-5-7-18(8-9)12-3-2-10-11(15)4-6-17-14(10)13(12)16/h2-4,6,9H,5,7-8H2,1H3. The first-order chi connectivity index (χ1) is 8.66. The molecule has 0 bridgehead atoms. The molecule has 0 amide bonds. The number of anilines is 1. The molecule has 2 aromatic rings. The Labute approximate surface area is 110 Å². The van der Waals surface area contributed by atoms with E-state index in [2.05, 4.69) is 16.8 Å². The minimum absolute atomic E-state index is 0.260. The lowest BCUT2D eigenvalue weighted by Gasteiger charge is -2.19. The van der Waals surface area contributed by atoms with Gasteiger partial charge in [-0.3, -0.25) is 4.98 Å². The van der Waals surface area contributed by atoms with Gasteiger partial charge in [0.1, 0.15) is 5.52 Å². The van der Waals surface area contributed by atoms with Crippen molar-refractivity contribution in [2.24, 2.45) is 5.92 Å². The van der Waals surface area contributed by atoms with E-state index in [1.807, 2.05) is 12.1 Å². The highest BCUT2D eigenvalue weighted by molar-refractivity contribution is 6.35. The largest absolute Gasteiger partial charge is 0.369 e. The number of benzene rings is 1. The molecule has 4 heteroatoms. The SMILES string of the molecule is CC1CCN(c2ccc3c(Cl)ccnc3c2F)C1. The Kier molecular flexibility index (Phi) is 2.86. The molecule has 0 aliphatic carbocycles. The summed E-state index contributed by atoms with van der Waals surface area (Å²) < 4.78 is 14.5. The van der Waals surface area contributed by atoms with Crippen LogP contribution in [0.25, 0.3) is 10.9 Å². The summed E-state index contributed by atoms with van der Waals surface area (Å²) in [4.78, 5) is 6.19. The Morgan fingerprint density at radius 2 is 2.22 bits per heavy atom. The molecule has 0 N–H and O–H groups in total. The lowest BCUT2D eigenvalue weighted by atomic mass is 10.1. The molecule has 18 heavy (non-hydrogen) atoms. The van der Waals surface area contributed by atoms with Gasteiger partial charge in [-0.1, -0.05) is 18.5 Å². The van der Waals surface area contributed by atoms with Crippen LogP contribution in [0.1, 0.15) is 13.3 Å². The van der Waals surface area contributed by atoms with Crippen LogP contribution < -0.4 is 4.90 Å².